The highest BCUT2D eigenvalue weighted by Crippen LogP contribution is 2.42. The number of nitriles is 1. The van der Waals surface area contributed by atoms with E-state index in [2.05, 4.69) is 21.3 Å². The van der Waals surface area contributed by atoms with Crippen molar-refractivity contribution in [1.29, 1.82) is 5.26 Å². The van der Waals surface area contributed by atoms with Crippen LogP contribution in [0.15, 0.2) is 42.6 Å². The van der Waals surface area contributed by atoms with Crippen LogP contribution in [0.5, 0.6) is 0 Å². The Morgan fingerprint density at radius 3 is 2.59 bits per heavy atom. The van der Waals surface area contributed by atoms with E-state index in [0.717, 1.165) is 63.0 Å². The predicted octanol–water partition coefficient (Wildman–Crippen LogP) is 4.20. The highest BCUT2D eigenvalue weighted by atomic mass is 35.5. The molecule has 1 aliphatic heterocycles. The molecule has 1 N–H and O–H groups in total. The van der Waals surface area contributed by atoms with Crippen molar-refractivity contribution in [2.75, 3.05) is 18.0 Å². The lowest BCUT2D eigenvalue weighted by atomic mass is 9.77. The van der Waals surface area contributed by atoms with Gasteiger partial charge in [0, 0.05) is 30.4 Å². The van der Waals surface area contributed by atoms with Crippen molar-refractivity contribution in [3.63, 3.8) is 0 Å². The fourth-order valence-corrected chi connectivity index (χ4v) is 4.82. The third kappa shape index (κ3) is 4.09. The molecule has 2 aliphatic rings. The topological polar surface area (TPSA) is 69.0 Å². The fraction of sp³-hybridized carbons (Fsp3) is 0.435. The van der Waals surface area contributed by atoms with E-state index >= 15 is 0 Å². The molecule has 150 valence electrons. The summed E-state index contributed by atoms with van der Waals surface area (Å²) in [5.41, 5.74) is 1.16. The van der Waals surface area contributed by atoms with E-state index in [1.807, 2.05) is 30.3 Å². The number of nitrogens with zero attached hydrogens (tertiary/aromatic N) is 3. The first kappa shape index (κ1) is 19.7. The number of rotatable bonds is 4. The summed E-state index contributed by atoms with van der Waals surface area (Å²) in [6.07, 6.45) is 7.29. The molecule has 1 saturated heterocycles. The number of aromatic nitrogens is 1. The average molecular weight is 409 g/mol. The maximum absolute atomic E-state index is 13.4. The molecular formula is C23H25ClN4O. The summed E-state index contributed by atoms with van der Waals surface area (Å²) < 4.78 is 0. The molecular weight excluding hydrogens is 384 g/mol. The van der Waals surface area contributed by atoms with Crippen LogP contribution < -0.4 is 10.2 Å². The van der Waals surface area contributed by atoms with Gasteiger partial charge in [0.15, 0.2) is 0 Å². The standard InChI is InChI=1S/C23H25ClN4O/c24-19-5-3-4-18(14-19)23(10-1-2-11-23)22(29)27-20-8-12-28(13-9-20)21-7-6-17(15-25)16-26-21/h3-7,14,16,20H,1-2,8-13H2,(H,27,29). The van der Waals surface area contributed by atoms with Gasteiger partial charge in [-0.05, 0) is 55.5 Å². The van der Waals surface area contributed by atoms with E-state index in [-0.39, 0.29) is 11.9 Å². The lowest BCUT2D eigenvalue weighted by Gasteiger charge is -2.36. The van der Waals surface area contributed by atoms with Crippen LogP contribution in [0.1, 0.15) is 49.7 Å². The minimum absolute atomic E-state index is 0.146. The van der Waals surface area contributed by atoms with Gasteiger partial charge in [0.05, 0.1) is 11.0 Å². The SMILES string of the molecule is N#Cc1ccc(N2CCC(NC(=O)C3(c4cccc(Cl)c4)CCCC3)CC2)nc1. The molecule has 2 heterocycles. The van der Waals surface area contributed by atoms with Gasteiger partial charge in [-0.2, -0.15) is 5.26 Å². The number of hydrogen-bond acceptors (Lipinski definition) is 4. The summed E-state index contributed by atoms with van der Waals surface area (Å²) in [5.74, 6) is 1.03. The third-order valence-electron chi connectivity index (χ3n) is 6.30. The molecule has 4 rings (SSSR count). The molecule has 6 heteroatoms. The van der Waals surface area contributed by atoms with Crippen LogP contribution in [0.2, 0.25) is 5.02 Å². The van der Waals surface area contributed by atoms with Crippen LogP contribution in [-0.2, 0) is 10.2 Å². The second-order valence-corrected chi connectivity index (χ2v) is 8.49. The summed E-state index contributed by atoms with van der Waals surface area (Å²) in [6, 6.07) is 13.7. The number of amides is 1. The highest BCUT2D eigenvalue weighted by Gasteiger charge is 2.43. The van der Waals surface area contributed by atoms with E-state index in [1.54, 1.807) is 12.3 Å². The molecule has 0 atom stereocenters. The van der Waals surface area contributed by atoms with Crippen molar-refractivity contribution in [1.82, 2.24) is 10.3 Å². The zero-order valence-corrected chi connectivity index (χ0v) is 17.2. The summed E-state index contributed by atoms with van der Waals surface area (Å²) in [7, 11) is 0. The van der Waals surface area contributed by atoms with Gasteiger partial charge < -0.3 is 10.2 Å². The van der Waals surface area contributed by atoms with Crippen LogP contribution in [0.25, 0.3) is 0 Å². The third-order valence-corrected chi connectivity index (χ3v) is 6.54. The Labute approximate surface area is 176 Å². The molecule has 0 spiro atoms. The van der Waals surface area contributed by atoms with Gasteiger partial charge in [0.2, 0.25) is 5.91 Å². The molecule has 1 aromatic carbocycles. The zero-order valence-electron chi connectivity index (χ0n) is 16.4. The molecule has 0 radical (unpaired) electrons. The Morgan fingerprint density at radius 1 is 1.21 bits per heavy atom. The molecule has 1 aromatic heterocycles. The van der Waals surface area contributed by atoms with Crippen molar-refractivity contribution >= 4 is 23.3 Å². The fourth-order valence-electron chi connectivity index (χ4n) is 4.63. The molecule has 1 aliphatic carbocycles. The number of nitrogens with one attached hydrogen (secondary N) is 1. The molecule has 29 heavy (non-hydrogen) atoms. The van der Waals surface area contributed by atoms with Gasteiger partial charge in [-0.25, -0.2) is 4.98 Å². The van der Waals surface area contributed by atoms with Crippen molar-refractivity contribution in [2.24, 2.45) is 0 Å². The van der Waals surface area contributed by atoms with Crippen LogP contribution in [0.4, 0.5) is 5.82 Å². The maximum atomic E-state index is 13.4. The zero-order chi connectivity index (χ0) is 20.3. The first-order chi connectivity index (χ1) is 14.1. The second-order valence-electron chi connectivity index (χ2n) is 8.05. The molecule has 1 amide bonds. The quantitative estimate of drug-likeness (QED) is 0.822. The van der Waals surface area contributed by atoms with Crippen molar-refractivity contribution in [3.05, 3.63) is 58.7 Å². The molecule has 1 saturated carbocycles. The second kappa shape index (κ2) is 8.42. The van der Waals surface area contributed by atoms with Gasteiger partial charge in [0.25, 0.3) is 0 Å². The normalized spacial score (nSPS) is 19.0. The summed E-state index contributed by atoms with van der Waals surface area (Å²) in [4.78, 5) is 20.0. The van der Waals surface area contributed by atoms with Crippen LogP contribution >= 0.6 is 11.6 Å². The van der Waals surface area contributed by atoms with E-state index in [0.29, 0.717) is 10.6 Å². The first-order valence-corrected chi connectivity index (χ1v) is 10.7. The van der Waals surface area contributed by atoms with Gasteiger partial charge in [-0.3, -0.25) is 4.79 Å². The van der Waals surface area contributed by atoms with Crippen molar-refractivity contribution < 1.29 is 4.79 Å². The largest absolute Gasteiger partial charge is 0.356 e. The Kier molecular flexibility index (Phi) is 5.73. The number of piperidine rings is 1. The Hall–Kier alpha value is -2.58. The minimum Gasteiger partial charge on any atom is -0.356 e. The van der Waals surface area contributed by atoms with Gasteiger partial charge in [0.1, 0.15) is 11.9 Å². The number of halogens is 1. The van der Waals surface area contributed by atoms with E-state index < -0.39 is 5.41 Å². The number of benzene rings is 1. The number of pyridine rings is 1. The predicted molar refractivity (Wildman–Crippen MR) is 114 cm³/mol. The van der Waals surface area contributed by atoms with Gasteiger partial charge in [-0.15, -0.1) is 0 Å². The molecule has 5 nitrogen and oxygen atoms in total. The van der Waals surface area contributed by atoms with Crippen molar-refractivity contribution in [3.8, 4) is 6.07 Å². The summed E-state index contributed by atoms with van der Waals surface area (Å²) in [6.45, 7) is 1.68. The lowest BCUT2D eigenvalue weighted by Crippen LogP contribution is -2.50. The molecule has 2 aromatic rings. The Bertz CT molecular complexity index is 907. The Morgan fingerprint density at radius 2 is 1.97 bits per heavy atom. The van der Waals surface area contributed by atoms with Gasteiger partial charge in [-0.1, -0.05) is 36.6 Å². The number of carbonyl (C=O) groups excluding carboxylic acids is 1. The van der Waals surface area contributed by atoms with Crippen LogP contribution in [0, 0.1) is 11.3 Å². The van der Waals surface area contributed by atoms with Crippen LogP contribution in [-0.4, -0.2) is 30.0 Å². The van der Waals surface area contributed by atoms with E-state index in [9.17, 15) is 4.79 Å². The summed E-state index contributed by atoms with van der Waals surface area (Å²) >= 11 is 6.21. The van der Waals surface area contributed by atoms with Crippen LogP contribution in [0.3, 0.4) is 0 Å². The van der Waals surface area contributed by atoms with E-state index in [4.69, 9.17) is 16.9 Å². The number of anilines is 1. The lowest BCUT2D eigenvalue weighted by molar-refractivity contribution is -0.127. The maximum Gasteiger partial charge on any atom is 0.230 e. The Balaban J connectivity index is 1.40. The molecule has 0 bridgehead atoms. The van der Waals surface area contributed by atoms with Gasteiger partial charge >= 0.3 is 0 Å². The molecule has 2 fully saturated rings. The number of hydrogen-bond donors (Lipinski definition) is 1. The highest BCUT2D eigenvalue weighted by molar-refractivity contribution is 6.30. The van der Waals surface area contributed by atoms with E-state index in [1.165, 1.54) is 0 Å². The monoisotopic (exact) mass is 408 g/mol. The summed E-state index contributed by atoms with van der Waals surface area (Å²) in [5, 5.41) is 12.9. The van der Waals surface area contributed by atoms with Crippen molar-refractivity contribution in [2.45, 2.75) is 50.0 Å². The molecule has 0 unspecified atom stereocenters. The minimum atomic E-state index is -0.448. The first-order valence-electron chi connectivity index (χ1n) is 10.3. The average Bonchev–Trinajstić information content (AvgIpc) is 3.26. The number of carbonyl (C=O) groups is 1. The smallest absolute Gasteiger partial charge is 0.230 e.